The van der Waals surface area contributed by atoms with Gasteiger partial charge in [0.2, 0.25) is 0 Å². The van der Waals surface area contributed by atoms with Crippen molar-refractivity contribution in [1.82, 2.24) is 19.7 Å². The number of thioether (sulfide) groups is 1. The summed E-state index contributed by atoms with van der Waals surface area (Å²) < 4.78 is 7.48. The number of methoxy groups -OCH3 is 1. The molecule has 6 heteroatoms. The summed E-state index contributed by atoms with van der Waals surface area (Å²) in [6.45, 7) is 2.11. The van der Waals surface area contributed by atoms with Gasteiger partial charge in [-0.3, -0.25) is 4.57 Å². The Bertz CT molecular complexity index is 1020. The Labute approximate surface area is 150 Å². The van der Waals surface area contributed by atoms with Gasteiger partial charge in [0.15, 0.2) is 11.0 Å². The van der Waals surface area contributed by atoms with Crippen LogP contribution in [-0.4, -0.2) is 32.6 Å². The molecule has 0 bridgehead atoms. The normalized spacial score (nSPS) is 11.1. The Morgan fingerprint density at radius 2 is 2.00 bits per heavy atom. The lowest BCUT2D eigenvalue weighted by atomic mass is 10.1. The molecule has 5 nitrogen and oxygen atoms in total. The van der Waals surface area contributed by atoms with Crippen molar-refractivity contribution in [3.63, 3.8) is 0 Å². The first-order chi connectivity index (χ1) is 12.3. The highest BCUT2D eigenvalue weighted by Gasteiger charge is 2.18. The third kappa shape index (κ3) is 2.78. The fourth-order valence-electron chi connectivity index (χ4n) is 2.91. The maximum absolute atomic E-state index is 5.39. The van der Waals surface area contributed by atoms with Crippen molar-refractivity contribution < 1.29 is 4.74 Å². The van der Waals surface area contributed by atoms with Gasteiger partial charge in [-0.25, -0.2) is 0 Å². The molecule has 2 aromatic heterocycles. The third-order valence-corrected chi connectivity index (χ3v) is 4.86. The number of ether oxygens (including phenoxy) is 1. The Hall–Kier alpha value is -2.73. The monoisotopic (exact) mass is 350 g/mol. The molecule has 4 rings (SSSR count). The summed E-state index contributed by atoms with van der Waals surface area (Å²) in [4.78, 5) is 3.32. The SMILES string of the molecule is CCSc1nnc(-c2c[nH]c3ccccc23)n1-c1cccc(OC)c1. The zero-order valence-electron chi connectivity index (χ0n) is 14.1. The van der Waals surface area contributed by atoms with Crippen LogP contribution in [0.1, 0.15) is 6.92 Å². The summed E-state index contributed by atoms with van der Waals surface area (Å²) in [7, 11) is 1.67. The van der Waals surface area contributed by atoms with Gasteiger partial charge in [-0.05, 0) is 24.0 Å². The van der Waals surface area contributed by atoms with Crippen molar-refractivity contribution in [3.05, 3.63) is 54.7 Å². The first-order valence-corrected chi connectivity index (χ1v) is 9.09. The highest BCUT2D eigenvalue weighted by molar-refractivity contribution is 7.99. The van der Waals surface area contributed by atoms with Crippen molar-refractivity contribution in [2.45, 2.75) is 12.1 Å². The molecule has 0 saturated carbocycles. The standard InChI is InChI=1S/C19H18N4OS/c1-3-25-19-22-21-18(16-12-20-17-10-5-4-9-15(16)17)23(19)13-7-6-8-14(11-13)24-2/h4-12,20H,3H2,1-2H3. The van der Waals surface area contributed by atoms with Gasteiger partial charge in [-0.2, -0.15) is 0 Å². The van der Waals surface area contributed by atoms with Crippen molar-refractivity contribution in [1.29, 1.82) is 0 Å². The molecule has 0 saturated heterocycles. The number of fused-ring (bicyclic) bond motifs is 1. The van der Waals surface area contributed by atoms with Gasteiger partial charge in [-0.1, -0.05) is 43.0 Å². The summed E-state index contributed by atoms with van der Waals surface area (Å²) in [6, 6.07) is 16.2. The maximum atomic E-state index is 5.39. The average molecular weight is 350 g/mol. The van der Waals surface area contributed by atoms with E-state index in [1.165, 1.54) is 0 Å². The fraction of sp³-hybridized carbons (Fsp3) is 0.158. The van der Waals surface area contributed by atoms with Crippen molar-refractivity contribution in [3.8, 4) is 22.8 Å². The molecule has 25 heavy (non-hydrogen) atoms. The minimum absolute atomic E-state index is 0.809. The van der Waals surface area contributed by atoms with E-state index in [9.17, 15) is 0 Å². The van der Waals surface area contributed by atoms with E-state index < -0.39 is 0 Å². The first kappa shape index (κ1) is 15.8. The second-order valence-electron chi connectivity index (χ2n) is 5.52. The third-order valence-electron chi connectivity index (χ3n) is 4.05. The molecule has 1 N–H and O–H groups in total. The largest absolute Gasteiger partial charge is 0.497 e. The molecule has 0 amide bonds. The van der Waals surface area contributed by atoms with Gasteiger partial charge in [0.05, 0.1) is 12.8 Å². The van der Waals surface area contributed by atoms with Crippen LogP contribution in [0.2, 0.25) is 0 Å². The number of hydrogen-bond donors (Lipinski definition) is 1. The molecule has 126 valence electrons. The number of rotatable bonds is 5. The van der Waals surface area contributed by atoms with E-state index in [0.29, 0.717) is 0 Å². The zero-order chi connectivity index (χ0) is 17.2. The quantitative estimate of drug-likeness (QED) is 0.537. The van der Waals surface area contributed by atoms with E-state index >= 15 is 0 Å². The lowest BCUT2D eigenvalue weighted by Gasteiger charge is -2.11. The van der Waals surface area contributed by atoms with E-state index in [1.54, 1.807) is 18.9 Å². The number of aromatic nitrogens is 4. The summed E-state index contributed by atoms with van der Waals surface area (Å²) in [5, 5.41) is 10.9. The summed E-state index contributed by atoms with van der Waals surface area (Å²) in [5.41, 5.74) is 3.11. The highest BCUT2D eigenvalue weighted by Crippen LogP contribution is 2.33. The number of nitrogens with one attached hydrogen (secondary N) is 1. The van der Waals surface area contributed by atoms with Crippen LogP contribution < -0.4 is 4.74 Å². The molecular weight excluding hydrogens is 332 g/mol. The molecular formula is C19H18N4OS. The predicted octanol–water partition coefficient (Wildman–Crippen LogP) is 4.54. The van der Waals surface area contributed by atoms with Crippen molar-refractivity contribution in [2.24, 2.45) is 0 Å². The Kier molecular flexibility index (Phi) is 4.19. The van der Waals surface area contributed by atoms with E-state index in [1.807, 2.05) is 42.6 Å². The molecule has 0 atom stereocenters. The summed E-state index contributed by atoms with van der Waals surface area (Å²) >= 11 is 1.67. The van der Waals surface area contributed by atoms with Crippen LogP contribution in [0.3, 0.4) is 0 Å². The topological polar surface area (TPSA) is 55.7 Å². The Balaban J connectivity index is 1.94. The van der Waals surface area contributed by atoms with Gasteiger partial charge >= 0.3 is 0 Å². The van der Waals surface area contributed by atoms with Crippen LogP contribution in [0.25, 0.3) is 28.0 Å². The maximum Gasteiger partial charge on any atom is 0.196 e. The van der Waals surface area contributed by atoms with Crippen LogP contribution in [0, 0.1) is 0 Å². The van der Waals surface area contributed by atoms with Gasteiger partial charge in [0.1, 0.15) is 5.75 Å². The number of nitrogens with zero attached hydrogens (tertiary/aromatic N) is 3. The highest BCUT2D eigenvalue weighted by atomic mass is 32.2. The van der Waals surface area contributed by atoms with E-state index in [2.05, 4.69) is 38.8 Å². The van der Waals surface area contributed by atoms with Crippen LogP contribution in [-0.2, 0) is 0 Å². The molecule has 0 spiro atoms. The molecule has 0 aliphatic carbocycles. The number of benzene rings is 2. The lowest BCUT2D eigenvalue weighted by molar-refractivity contribution is 0.414. The summed E-state index contributed by atoms with van der Waals surface area (Å²) in [5.74, 6) is 2.56. The van der Waals surface area contributed by atoms with Crippen molar-refractivity contribution in [2.75, 3.05) is 12.9 Å². The minimum Gasteiger partial charge on any atom is -0.497 e. The molecule has 2 aromatic carbocycles. The molecule has 0 fully saturated rings. The second-order valence-corrected chi connectivity index (χ2v) is 6.76. The van der Waals surface area contributed by atoms with Crippen LogP contribution in [0.15, 0.2) is 59.9 Å². The minimum atomic E-state index is 0.809. The van der Waals surface area contributed by atoms with Gasteiger partial charge in [0.25, 0.3) is 0 Å². The van der Waals surface area contributed by atoms with E-state index in [4.69, 9.17) is 4.74 Å². The van der Waals surface area contributed by atoms with Crippen LogP contribution in [0.4, 0.5) is 0 Å². The first-order valence-electron chi connectivity index (χ1n) is 8.11. The molecule has 0 aliphatic heterocycles. The Morgan fingerprint density at radius 3 is 2.84 bits per heavy atom. The molecule has 0 radical (unpaired) electrons. The average Bonchev–Trinajstić information content (AvgIpc) is 3.26. The van der Waals surface area contributed by atoms with Gasteiger partial charge in [0, 0.05) is 28.7 Å². The lowest BCUT2D eigenvalue weighted by Crippen LogP contribution is -2.00. The number of H-pyrrole nitrogens is 1. The molecule has 0 aliphatic rings. The fourth-order valence-corrected chi connectivity index (χ4v) is 3.58. The van der Waals surface area contributed by atoms with Gasteiger partial charge < -0.3 is 9.72 Å². The molecule has 2 heterocycles. The van der Waals surface area contributed by atoms with Crippen LogP contribution in [0.5, 0.6) is 5.75 Å². The number of para-hydroxylation sites is 1. The smallest absolute Gasteiger partial charge is 0.196 e. The zero-order valence-corrected chi connectivity index (χ0v) is 14.9. The van der Waals surface area contributed by atoms with Crippen LogP contribution >= 0.6 is 11.8 Å². The second kappa shape index (κ2) is 6.64. The predicted molar refractivity (Wildman–Crippen MR) is 102 cm³/mol. The summed E-state index contributed by atoms with van der Waals surface area (Å²) in [6.07, 6.45) is 1.99. The number of aromatic amines is 1. The van der Waals surface area contributed by atoms with E-state index in [-0.39, 0.29) is 0 Å². The number of hydrogen-bond acceptors (Lipinski definition) is 4. The Morgan fingerprint density at radius 1 is 1.12 bits per heavy atom. The van der Waals surface area contributed by atoms with Crippen molar-refractivity contribution >= 4 is 22.7 Å². The molecule has 0 unspecified atom stereocenters. The van der Waals surface area contributed by atoms with Gasteiger partial charge in [-0.15, -0.1) is 10.2 Å². The molecule has 4 aromatic rings. The van der Waals surface area contributed by atoms with E-state index in [0.717, 1.165) is 44.6 Å².